The third-order valence-corrected chi connectivity index (χ3v) is 13.0. The van der Waals surface area contributed by atoms with E-state index in [1.165, 1.54) is 50.1 Å². The summed E-state index contributed by atoms with van der Waals surface area (Å²) in [5, 5.41) is 2.20. The van der Waals surface area contributed by atoms with Crippen molar-refractivity contribution < 1.29 is 4.42 Å². The summed E-state index contributed by atoms with van der Waals surface area (Å²) in [4.78, 5) is 15.4. The largest absolute Gasteiger partial charge is 0.456 e. The Kier molecular flexibility index (Phi) is 7.49. The van der Waals surface area contributed by atoms with Gasteiger partial charge in [0.15, 0.2) is 17.5 Å². The Labute approximate surface area is 358 Å². The van der Waals surface area contributed by atoms with E-state index < -0.39 is 5.41 Å². The van der Waals surface area contributed by atoms with Gasteiger partial charge in [-0.25, -0.2) is 15.0 Å². The molecule has 13 rings (SSSR count). The highest BCUT2D eigenvalue weighted by atomic mass is 16.3. The first kappa shape index (κ1) is 34.6. The molecule has 0 unspecified atom stereocenters. The van der Waals surface area contributed by atoms with Gasteiger partial charge in [0.25, 0.3) is 0 Å². The zero-order valence-electron chi connectivity index (χ0n) is 33.5. The van der Waals surface area contributed by atoms with Gasteiger partial charge < -0.3 is 4.42 Å². The van der Waals surface area contributed by atoms with E-state index in [1.54, 1.807) is 0 Å². The third kappa shape index (κ3) is 5.04. The number of hydrogen-bond donors (Lipinski definition) is 0. The van der Waals surface area contributed by atoms with E-state index in [1.807, 2.05) is 30.3 Å². The molecule has 0 N–H and O–H groups in total. The van der Waals surface area contributed by atoms with Crippen molar-refractivity contribution in [3.05, 3.63) is 235 Å². The molecule has 0 bridgehead atoms. The van der Waals surface area contributed by atoms with Gasteiger partial charge in [-0.2, -0.15) is 0 Å². The van der Waals surface area contributed by atoms with Gasteiger partial charge in [0.2, 0.25) is 0 Å². The molecule has 0 amide bonds. The number of para-hydroxylation sites is 1. The molecule has 4 nitrogen and oxygen atoms in total. The Bertz CT molecular complexity index is 3520. The predicted molar refractivity (Wildman–Crippen MR) is 251 cm³/mol. The van der Waals surface area contributed by atoms with Crippen LogP contribution >= 0.6 is 0 Å². The lowest BCUT2D eigenvalue weighted by Gasteiger charge is -2.32. The van der Waals surface area contributed by atoms with E-state index in [0.717, 1.165) is 55.3 Å². The van der Waals surface area contributed by atoms with Crippen LogP contribution in [0.15, 0.2) is 217 Å². The second-order valence-electron chi connectivity index (χ2n) is 16.3. The summed E-state index contributed by atoms with van der Waals surface area (Å²) in [5.41, 5.74) is 19.1. The van der Waals surface area contributed by atoms with Crippen molar-refractivity contribution in [1.82, 2.24) is 15.0 Å². The van der Waals surface area contributed by atoms with Crippen LogP contribution in [0.3, 0.4) is 0 Å². The van der Waals surface area contributed by atoms with Gasteiger partial charge in [0, 0.05) is 27.5 Å². The van der Waals surface area contributed by atoms with Gasteiger partial charge in [-0.1, -0.05) is 188 Å². The van der Waals surface area contributed by atoms with Crippen LogP contribution < -0.4 is 0 Å². The third-order valence-electron chi connectivity index (χ3n) is 13.0. The van der Waals surface area contributed by atoms with Crippen LogP contribution in [0.2, 0.25) is 0 Å². The Morgan fingerprint density at radius 2 is 0.742 bits per heavy atom. The van der Waals surface area contributed by atoms with Crippen molar-refractivity contribution in [3.8, 4) is 78.7 Å². The number of fused-ring (bicyclic) bond motifs is 13. The van der Waals surface area contributed by atoms with E-state index in [2.05, 4.69) is 182 Å². The Hall–Kier alpha value is -8.21. The number of rotatable bonds is 5. The topological polar surface area (TPSA) is 51.8 Å². The zero-order chi connectivity index (χ0) is 40.8. The van der Waals surface area contributed by atoms with Crippen LogP contribution in [0.1, 0.15) is 22.3 Å². The predicted octanol–water partition coefficient (Wildman–Crippen LogP) is 14.4. The lowest BCUT2D eigenvalue weighted by Crippen LogP contribution is -2.26. The molecule has 0 saturated heterocycles. The Morgan fingerprint density at radius 3 is 1.45 bits per heavy atom. The monoisotopic (exact) mass is 789 g/mol. The molecule has 2 aliphatic carbocycles. The summed E-state index contributed by atoms with van der Waals surface area (Å²) < 4.78 is 6.13. The van der Waals surface area contributed by atoms with Crippen molar-refractivity contribution in [3.63, 3.8) is 0 Å². The summed E-state index contributed by atoms with van der Waals surface area (Å²) in [5.74, 6) is 1.87. The minimum atomic E-state index is -0.436. The van der Waals surface area contributed by atoms with Crippen molar-refractivity contribution in [2.75, 3.05) is 0 Å². The van der Waals surface area contributed by atoms with E-state index >= 15 is 0 Å². The molecule has 1 spiro atoms. The fraction of sp³-hybridized carbons (Fsp3) is 0.0172. The summed E-state index contributed by atoms with van der Waals surface area (Å²) in [6, 6.07) is 75.7. The molecule has 62 heavy (non-hydrogen) atoms. The molecular weight excluding hydrogens is 755 g/mol. The lowest BCUT2D eigenvalue weighted by atomic mass is 9.68. The average Bonchev–Trinajstić information content (AvgIpc) is 3.98. The number of hydrogen-bond acceptors (Lipinski definition) is 4. The quantitative estimate of drug-likeness (QED) is 0.174. The molecule has 288 valence electrons. The number of furan rings is 1. The molecule has 0 atom stereocenters. The van der Waals surface area contributed by atoms with Crippen molar-refractivity contribution in [2.24, 2.45) is 0 Å². The summed E-state index contributed by atoms with van der Waals surface area (Å²) in [6.45, 7) is 0. The molecule has 2 aromatic heterocycles. The minimum Gasteiger partial charge on any atom is -0.456 e. The number of aromatic nitrogens is 3. The highest BCUT2D eigenvalue weighted by Crippen LogP contribution is 2.64. The van der Waals surface area contributed by atoms with Gasteiger partial charge in [0.05, 0.1) is 5.41 Å². The average molecular weight is 790 g/mol. The van der Waals surface area contributed by atoms with Gasteiger partial charge in [-0.15, -0.1) is 0 Å². The van der Waals surface area contributed by atoms with Crippen LogP contribution in [0.5, 0.6) is 0 Å². The van der Waals surface area contributed by atoms with Crippen LogP contribution in [-0.2, 0) is 5.41 Å². The lowest BCUT2D eigenvalue weighted by molar-refractivity contribution is 0.669. The summed E-state index contributed by atoms with van der Waals surface area (Å²) in [7, 11) is 0. The van der Waals surface area contributed by atoms with E-state index in [4.69, 9.17) is 19.4 Å². The molecule has 0 radical (unpaired) electrons. The number of benzene rings is 9. The first-order chi connectivity index (χ1) is 30.7. The maximum Gasteiger partial charge on any atom is 0.164 e. The molecule has 4 heteroatoms. The highest BCUT2D eigenvalue weighted by Gasteiger charge is 2.52. The minimum absolute atomic E-state index is 0.436. The highest BCUT2D eigenvalue weighted by molar-refractivity contribution is 6.06. The normalized spacial score (nSPS) is 13.0. The smallest absolute Gasteiger partial charge is 0.164 e. The maximum absolute atomic E-state index is 6.13. The molecule has 9 aromatic carbocycles. The molecule has 11 aromatic rings. The molecule has 2 heterocycles. The Balaban J connectivity index is 0.935. The van der Waals surface area contributed by atoms with E-state index in [-0.39, 0.29) is 0 Å². The van der Waals surface area contributed by atoms with Crippen LogP contribution in [0.25, 0.3) is 101 Å². The maximum atomic E-state index is 6.13. The van der Waals surface area contributed by atoms with Crippen molar-refractivity contribution in [1.29, 1.82) is 0 Å². The van der Waals surface area contributed by atoms with Gasteiger partial charge in [-0.3, -0.25) is 0 Å². The van der Waals surface area contributed by atoms with E-state index in [9.17, 15) is 0 Å². The zero-order valence-corrected chi connectivity index (χ0v) is 33.5. The van der Waals surface area contributed by atoms with Crippen molar-refractivity contribution >= 4 is 21.9 Å². The molecular formula is C58H35N3O. The van der Waals surface area contributed by atoms with Gasteiger partial charge >= 0.3 is 0 Å². The van der Waals surface area contributed by atoms with Gasteiger partial charge in [-0.05, 0) is 91.0 Å². The first-order valence-corrected chi connectivity index (χ1v) is 21.1. The van der Waals surface area contributed by atoms with Gasteiger partial charge in [0.1, 0.15) is 11.2 Å². The Morgan fingerprint density at radius 1 is 0.290 bits per heavy atom. The standard InChI is InChI=1S/C58H35N3O/c1-2-14-37(15-3-1)55-59-56(61-57(60-55)41-17-12-16-39(34-41)40-32-33-53-48(35-40)46-21-7-11-27-52(46)62-53)38-30-28-36(29-31-38)42-22-13-23-47-45-20-6-10-26-51(45)58(54(42)47)49-24-8-4-18-43(49)44-19-5-9-25-50(44)58/h1-35H. The molecule has 0 fully saturated rings. The van der Waals surface area contributed by atoms with Crippen LogP contribution in [-0.4, -0.2) is 15.0 Å². The fourth-order valence-corrected chi connectivity index (χ4v) is 10.3. The summed E-state index contributed by atoms with van der Waals surface area (Å²) >= 11 is 0. The van der Waals surface area contributed by atoms with Crippen molar-refractivity contribution in [2.45, 2.75) is 5.41 Å². The second-order valence-corrected chi connectivity index (χ2v) is 16.3. The summed E-state index contributed by atoms with van der Waals surface area (Å²) in [6.07, 6.45) is 0. The fourth-order valence-electron chi connectivity index (χ4n) is 10.3. The molecule has 0 aliphatic heterocycles. The SMILES string of the molecule is c1ccc(-c2nc(-c3ccc(-c4cccc5c4C4(c6ccccc6-c6ccccc64)c4ccccc4-5)cc3)nc(-c3cccc(-c4ccc5oc6ccccc6c5c4)c3)n2)cc1. The molecule has 0 saturated carbocycles. The second kappa shape index (κ2) is 13.4. The number of nitrogens with zero attached hydrogens (tertiary/aromatic N) is 3. The van der Waals surface area contributed by atoms with E-state index in [0.29, 0.717) is 17.5 Å². The molecule has 2 aliphatic rings. The van der Waals surface area contributed by atoms with Crippen LogP contribution in [0.4, 0.5) is 0 Å². The van der Waals surface area contributed by atoms with Crippen LogP contribution in [0, 0.1) is 0 Å². The first-order valence-electron chi connectivity index (χ1n) is 21.1.